The number of guanidine groups is 1. The molecule has 0 saturated carbocycles. The standard InChI is InChI=1S/C18H29N5O.HI/c1-3-10-20-18(19-4-2)21-15-17(24)23-13-11-22(12-14-23)16-8-6-5-7-9-16;/h5-9H,3-4,10-15H2,1-2H3,(H2,19,20,21);1H. The van der Waals surface area contributed by atoms with E-state index in [-0.39, 0.29) is 36.4 Å². The molecule has 0 bridgehead atoms. The van der Waals surface area contributed by atoms with E-state index >= 15 is 0 Å². The van der Waals surface area contributed by atoms with Gasteiger partial charge in [0, 0.05) is 45.0 Å². The predicted octanol–water partition coefficient (Wildman–Crippen LogP) is 1.92. The fourth-order valence-electron chi connectivity index (χ4n) is 2.68. The van der Waals surface area contributed by atoms with Crippen LogP contribution < -0.4 is 15.5 Å². The van der Waals surface area contributed by atoms with E-state index in [9.17, 15) is 4.79 Å². The number of carbonyl (C=O) groups is 1. The van der Waals surface area contributed by atoms with Crippen molar-refractivity contribution in [2.75, 3.05) is 50.7 Å². The summed E-state index contributed by atoms with van der Waals surface area (Å²) in [5.41, 5.74) is 1.22. The van der Waals surface area contributed by atoms with Gasteiger partial charge in [-0.3, -0.25) is 4.79 Å². The summed E-state index contributed by atoms with van der Waals surface area (Å²) in [6.07, 6.45) is 1.03. The number of hydrogen-bond donors (Lipinski definition) is 2. The normalized spacial score (nSPS) is 14.7. The summed E-state index contributed by atoms with van der Waals surface area (Å²) in [6, 6.07) is 10.4. The molecule has 0 unspecified atom stereocenters. The minimum Gasteiger partial charge on any atom is -0.368 e. The molecule has 0 aliphatic carbocycles. The third kappa shape index (κ3) is 7.09. The van der Waals surface area contributed by atoms with Gasteiger partial charge in [0.2, 0.25) is 5.91 Å². The number of piperazine rings is 1. The monoisotopic (exact) mass is 459 g/mol. The molecule has 7 heteroatoms. The van der Waals surface area contributed by atoms with Crippen LogP contribution in [0, 0.1) is 0 Å². The van der Waals surface area contributed by atoms with Gasteiger partial charge in [-0.15, -0.1) is 24.0 Å². The lowest BCUT2D eigenvalue weighted by molar-refractivity contribution is -0.129. The highest BCUT2D eigenvalue weighted by molar-refractivity contribution is 14.0. The Morgan fingerprint density at radius 3 is 2.36 bits per heavy atom. The van der Waals surface area contributed by atoms with Crippen molar-refractivity contribution in [1.29, 1.82) is 0 Å². The van der Waals surface area contributed by atoms with Crippen LogP contribution in [-0.2, 0) is 4.79 Å². The Morgan fingerprint density at radius 2 is 1.76 bits per heavy atom. The van der Waals surface area contributed by atoms with Crippen LogP contribution in [0.1, 0.15) is 20.3 Å². The Balaban J connectivity index is 0.00000312. The highest BCUT2D eigenvalue weighted by Gasteiger charge is 2.20. The first-order chi connectivity index (χ1) is 11.7. The number of aliphatic imine (C=N–C) groups is 1. The summed E-state index contributed by atoms with van der Waals surface area (Å²) in [5, 5.41) is 6.38. The highest BCUT2D eigenvalue weighted by Crippen LogP contribution is 2.15. The molecule has 140 valence electrons. The highest BCUT2D eigenvalue weighted by atomic mass is 127. The Morgan fingerprint density at radius 1 is 1.08 bits per heavy atom. The number of amides is 1. The molecular weight excluding hydrogens is 429 g/mol. The van der Waals surface area contributed by atoms with Gasteiger partial charge in [0.05, 0.1) is 0 Å². The first-order valence-corrected chi connectivity index (χ1v) is 8.84. The van der Waals surface area contributed by atoms with Gasteiger partial charge in [0.1, 0.15) is 6.54 Å². The minimum atomic E-state index is 0. The predicted molar refractivity (Wildman–Crippen MR) is 115 cm³/mol. The van der Waals surface area contributed by atoms with Gasteiger partial charge in [-0.05, 0) is 25.5 Å². The summed E-state index contributed by atoms with van der Waals surface area (Å²) < 4.78 is 0. The fraction of sp³-hybridized carbons (Fsp3) is 0.556. The van der Waals surface area contributed by atoms with Crippen LogP contribution in [0.15, 0.2) is 35.3 Å². The molecule has 1 amide bonds. The maximum absolute atomic E-state index is 12.4. The minimum absolute atomic E-state index is 0. The summed E-state index contributed by atoms with van der Waals surface area (Å²) >= 11 is 0. The summed E-state index contributed by atoms with van der Waals surface area (Å²) in [5.74, 6) is 0.812. The van der Waals surface area contributed by atoms with Gasteiger partial charge < -0.3 is 20.4 Å². The molecule has 0 radical (unpaired) electrons. The molecule has 2 rings (SSSR count). The molecule has 1 saturated heterocycles. The SMILES string of the molecule is CCCNC(=NCC(=O)N1CCN(c2ccccc2)CC1)NCC.I. The average molecular weight is 459 g/mol. The van der Waals surface area contributed by atoms with Gasteiger partial charge >= 0.3 is 0 Å². The van der Waals surface area contributed by atoms with Gasteiger partial charge in [0.15, 0.2) is 5.96 Å². The lowest BCUT2D eigenvalue weighted by atomic mass is 10.2. The maximum Gasteiger partial charge on any atom is 0.244 e. The van der Waals surface area contributed by atoms with Gasteiger partial charge in [0.25, 0.3) is 0 Å². The number of hydrogen-bond acceptors (Lipinski definition) is 3. The summed E-state index contributed by atoms with van der Waals surface area (Å²) in [4.78, 5) is 21.0. The molecule has 1 aliphatic heterocycles. The van der Waals surface area contributed by atoms with E-state index in [0.29, 0.717) is 0 Å². The molecule has 6 nitrogen and oxygen atoms in total. The van der Waals surface area contributed by atoms with Crippen molar-refractivity contribution in [3.05, 3.63) is 30.3 Å². The number of nitrogens with one attached hydrogen (secondary N) is 2. The summed E-state index contributed by atoms with van der Waals surface area (Å²) in [7, 11) is 0. The van der Waals surface area contributed by atoms with E-state index in [2.05, 4.69) is 39.6 Å². The Hall–Kier alpha value is -1.51. The zero-order valence-corrected chi connectivity index (χ0v) is 17.5. The molecule has 1 heterocycles. The first kappa shape index (κ1) is 21.5. The lowest BCUT2D eigenvalue weighted by Crippen LogP contribution is -2.49. The Bertz CT molecular complexity index is 530. The summed E-state index contributed by atoms with van der Waals surface area (Å²) in [6.45, 7) is 9.22. The molecule has 1 aromatic rings. The van der Waals surface area contributed by atoms with Crippen molar-refractivity contribution in [2.24, 2.45) is 4.99 Å². The maximum atomic E-state index is 12.4. The van der Waals surface area contributed by atoms with Crippen molar-refractivity contribution in [3.8, 4) is 0 Å². The quantitative estimate of drug-likeness (QED) is 0.388. The van der Waals surface area contributed by atoms with Crippen molar-refractivity contribution < 1.29 is 4.79 Å². The van der Waals surface area contributed by atoms with Crippen LogP contribution in [0.25, 0.3) is 0 Å². The zero-order valence-electron chi connectivity index (χ0n) is 15.2. The van der Waals surface area contributed by atoms with E-state index in [4.69, 9.17) is 0 Å². The van der Waals surface area contributed by atoms with Crippen molar-refractivity contribution in [3.63, 3.8) is 0 Å². The van der Waals surface area contributed by atoms with E-state index in [1.165, 1.54) is 5.69 Å². The van der Waals surface area contributed by atoms with Crippen molar-refractivity contribution >= 4 is 41.5 Å². The Labute approximate surface area is 168 Å². The third-order valence-electron chi connectivity index (χ3n) is 4.01. The molecule has 0 atom stereocenters. The largest absolute Gasteiger partial charge is 0.368 e. The second-order valence-corrected chi connectivity index (χ2v) is 5.83. The molecule has 2 N–H and O–H groups in total. The molecule has 1 aliphatic rings. The molecular formula is C18H30IN5O. The molecule has 25 heavy (non-hydrogen) atoms. The number of nitrogens with zero attached hydrogens (tertiary/aromatic N) is 3. The number of halogens is 1. The van der Waals surface area contributed by atoms with Gasteiger partial charge in [-0.1, -0.05) is 25.1 Å². The average Bonchev–Trinajstić information content (AvgIpc) is 2.64. The van der Waals surface area contributed by atoms with Crippen LogP contribution in [0.2, 0.25) is 0 Å². The van der Waals surface area contributed by atoms with Crippen LogP contribution in [0.5, 0.6) is 0 Å². The van der Waals surface area contributed by atoms with Crippen molar-refractivity contribution in [2.45, 2.75) is 20.3 Å². The molecule has 1 fully saturated rings. The second-order valence-electron chi connectivity index (χ2n) is 5.83. The number of anilines is 1. The molecule has 1 aromatic carbocycles. The number of carbonyl (C=O) groups excluding carboxylic acids is 1. The molecule has 0 spiro atoms. The fourth-order valence-corrected chi connectivity index (χ4v) is 2.68. The number of rotatable bonds is 6. The second kappa shape index (κ2) is 11.9. The van der Waals surface area contributed by atoms with Crippen LogP contribution in [0.3, 0.4) is 0 Å². The van der Waals surface area contributed by atoms with Crippen molar-refractivity contribution in [1.82, 2.24) is 15.5 Å². The van der Waals surface area contributed by atoms with Crippen LogP contribution >= 0.6 is 24.0 Å². The van der Waals surface area contributed by atoms with Gasteiger partial charge in [-0.25, -0.2) is 4.99 Å². The molecule has 0 aromatic heterocycles. The Kier molecular flexibility index (Phi) is 10.3. The van der Waals surface area contributed by atoms with E-state index in [0.717, 1.165) is 51.6 Å². The first-order valence-electron chi connectivity index (χ1n) is 8.84. The van der Waals surface area contributed by atoms with Gasteiger partial charge in [-0.2, -0.15) is 0 Å². The lowest BCUT2D eigenvalue weighted by Gasteiger charge is -2.36. The zero-order chi connectivity index (χ0) is 17.2. The van der Waals surface area contributed by atoms with E-state index in [1.54, 1.807) is 0 Å². The topological polar surface area (TPSA) is 60.0 Å². The number of para-hydroxylation sites is 1. The van der Waals surface area contributed by atoms with E-state index in [1.807, 2.05) is 30.0 Å². The smallest absolute Gasteiger partial charge is 0.244 e. The van der Waals surface area contributed by atoms with Crippen LogP contribution in [-0.4, -0.2) is 62.6 Å². The van der Waals surface area contributed by atoms with E-state index < -0.39 is 0 Å². The van der Waals surface area contributed by atoms with Crippen LogP contribution in [0.4, 0.5) is 5.69 Å². The third-order valence-corrected chi connectivity index (χ3v) is 4.01. The number of benzene rings is 1.